The van der Waals surface area contributed by atoms with Crippen LogP contribution in [0.15, 0.2) is 47.5 Å². The lowest BCUT2D eigenvalue weighted by atomic mass is 10.3. The summed E-state index contributed by atoms with van der Waals surface area (Å²) in [5.74, 6) is -1.90. The molecule has 6 nitrogen and oxygen atoms in total. The van der Waals surface area contributed by atoms with E-state index in [0.717, 1.165) is 18.3 Å². The quantitative estimate of drug-likeness (QED) is 0.895. The van der Waals surface area contributed by atoms with Crippen molar-refractivity contribution in [3.05, 3.63) is 54.0 Å². The molecule has 1 aromatic carbocycles. The highest BCUT2D eigenvalue weighted by atomic mass is 32.2. The third-order valence-corrected chi connectivity index (χ3v) is 3.71. The van der Waals surface area contributed by atoms with E-state index in [1.54, 1.807) is 0 Å². The standard InChI is InChI=1S/C12H9FN2O4S/c13-9-2-1-3-10(6-9)20(18,19)15-11-5-4-8(7-14-11)12(16)17/h1-7H,(H,14,15)(H,16,17). The molecule has 0 fully saturated rings. The Labute approximate surface area is 114 Å². The SMILES string of the molecule is O=C(O)c1ccc(NS(=O)(=O)c2cccc(F)c2)nc1. The third-order valence-electron chi connectivity index (χ3n) is 2.36. The molecule has 104 valence electrons. The van der Waals surface area contributed by atoms with E-state index >= 15 is 0 Å². The largest absolute Gasteiger partial charge is 0.478 e. The number of nitrogens with one attached hydrogen (secondary N) is 1. The zero-order valence-corrected chi connectivity index (χ0v) is 10.8. The second kappa shape index (κ2) is 5.25. The molecule has 0 spiro atoms. The molecular weight excluding hydrogens is 287 g/mol. The first kappa shape index (κ1) is 13.9. The van der Waals surface area contributed by atoms with Crippen LogP contribution in [0.3, 0.4) is 0 Å². The van der Waals surface area contributed by atoms with Gasteiger partial charge in [0.05, 0.1) is 10.5 Å². The molecule has 0 saturated carbocycles. The van der Waals surface area contributed by atoms with Gasteiger partial charge in [0.1, 0.15) is 11.6 Å². The fraction of sp³-hybridized carbons (Fsp3) is 0. The maximum absolute atomic E-state index is 13.0. The fourth-order valence-electron chi connectivity index (χ4n) is 1.41. The van der Waals surface area contributed by atoms with Crippen molar-refractivity contribution >= 4 is 21.8 Å². The van der Waals surface area contributed by atoms with E-state index in [4.69, 9.17) is 5.11 Å². The van der Waals surface area contributed by atoms with Crippen LogP contribution in [-0.4, -0.2) is 24.5 Å². The molecule has 1 heterocycles. The van der Waals surface area contributed by atoms with Crippen molar-refractivity contribution in [1.82, 2.24) is 4.98 Å². The summed E-state index contributed by atoms with van der Waals surface area (Å²) in [6, 6.07) is 6.91. The number of carbonyl (C=O) groups is 1. The molecule has 0 radical (unpaired) electrons. The van der Waals surface area contributed by atoms with Gasteiger partial charge in [-0.1, -0.05) is 6.07 Å². The molecule has 0 aliphatic heterocycles. The lowest BCUT2D eigenvalue weighted by Crippen LogP contribution is -2.14. The Kier molecular flexibility index (Phi) is 3.66. The highest BCUT2D eigenvalue weighted by Gasteiger charge is 2.15. The summed E-state index contributed by atoms with van der Waals surface area (Å²) in [6.07, 6.45) is 1.02. The molecule has 1 aromatic heterocycles. The Morgan fingerprint density at radius 2 is 2.00 bits per heavy atom. The van der Waals surface area contributed by atoms with Crippen molar-refractivity contribution in [3.8, 4) is 0 Å². The van der Waals surface area contributed by atoms with Crippen LogP contribution in [0.25, 0.3) is 0 Å². The van der Waals surface area contributed by atoms with Gasteiger partial charge in [0.2, 0.25) is 0 Å². The lowest BCUT2D eigenvalue weighted by Gasteiger charge is -2.07. The number of carboxylic acids is 1. The van der Waals surface area contributed by atoms with E-state index in [1.165, 1.54) is 24.3 Å². The predicted molar refractivity (Wildman–Crippen MR) is 68.4 cm³/mol. The van der Waals surface area contributed by atoms with Gasteiger partial charge in [-0.05, 0) is 30.3 Å². The van der Waals surface area contributed by atoms with Crippen molar-refractivity contribution in [3.63, 3.8) is 0 Å². The normalized spacial score (nSPS) is 11.1. The number of sulfonamides is 1. The highest BCUT2D eigenvalue weighted by molar-refractivity contribution is 7.92. The van der Waals surface area contributed by atoms with Crippen LogP contribution in [0.5, 0.6) is 0 Å². The zero-order chi connectivity index (χ0) is 14.8. The Morgan fingerprint density at radius 3 is 2.55 bits per heavy atom. The first-order chi connectivity index (χ1) is 9.38. The number of nitrogens with zero attached hydrogens (tertiary/aromatic N) is 1. The van der Waals surface area contributed by atoms with Gasteiger partial charge in [-0.2, -0.15) is 0 Å². The Bertz CT molecular complexity index is 744. The first-order valence-corrected chi connectivity index (χ1v) is 6.84. The van der Waals surface area contributed by atoms with E-state index in [2.05, 4.69) is 9.71 Å². The summed E-state index contributed by atoms with van der Waals surface area (Å²) < 4.78 is 39.0. The van der Waals surface area contributed by atoms with Crippen LogP contribution in [-0.2, 0) is 10.0 Å². The van der Waals surface area contributed by atoms with Crippen LogP contribution < -0.4 is 4.72 Å². The summed E-state index contributed by atoms with van der Waals surface area (Å²) >= 11 is 0. The van der Waals surface area contributed by atoms with Crippen LogP contribution in [0.4, 0.5) is 10.2 Å². The van der Waals surface area contributed by atoms with Gasteiger partial charge in [-0.3, -0.25) is 4.72 Å². The number of halogens is 1. The number of aromatic carboxylic acids is 1. The van der Waals surface area contributed by atoms with Crippen molar-refractivity contribution < 1.29 is 22.7 Å². The van der Waals surface area contributed by atoms with Crippen LogP contribution in [0, 0.1) is 5.82 Å². The van der Waals surface area contributed by atoms with E-state index in [0.29, 0.717) is 0 Å². The van der Waals surface area contributed by atoms with Crippen LogP contribution in [0.2, 0.25) is 0 Å². The number of hydrogen-bond donors (Lipinski definition) is 2. The van der Waals surface area contributed by atoms with Crippen molar-refractivity contribution in [2.45, 2.75) is 4.90 Å². The maximum atomic E-state index is 13.0. The smallest absolute Gasteiger partial charge is 0.337 e. The number of aromatic nitrogens is 1. The molecular formula is C12H9FN2O4S. The summed E-state index contributed by atoms with van der Waals surface area (Å²) in [5, 5.41) is 8.70. The second-order valence-corrected chi connectivity index (χ2v) is 5.48. The van der Waals surface area contributed by atoms with Crippen molar-refractivity contribution in [1.29, 1.82) is 0 Å². The van der Waals surface area contributed by atoms with Gasteiger partial charge >= 0.3 is 5.97 Å². The Hall–Kier alpha value is -2.48. The van der Waals surface area contributed by atoms with Crippen molar-refractivity contribution in [2.75, 3.05) is 4.72 Å². The highest BCUT2D eigenvalue weighted by Crippen LogP contribution is 2.15. The molecule has 2 N–H and O–H groups in total. The predicted octanol–water partition coefficient (Wildman–Crippen LogP) is 1.72. The van der Waals surface area contributed by atoms with E-state index < -0.39 is 21.8 Å². The van der Waals surface area contributed by atoms with Crippen molar-refractivity contribution in [2.24, 2.45) is 0 Å². The van der Waals surface area contributed by atoms with Gasteiger partial charge in [0, 0.05) is 6.20 Å². The van der Waals surface area contributed by atoms with Gasteiger partial charge in [-0.25, -0.2) is 22.6 Å². The zero-order valence-electron chi connectivity index (χ0n) is 9.95. The topological polar surface area (TPSA) is 96.4 Å². The average Bonchev–Trinajstić information content (AvgIpc) is 2.39. The third kappa shape index (κ3) is 3.09. The average molecular weight is 296 g/mol. The Balaban J connectivity index is 2.26. The van der Waals surface area contributed by atoms with E-state index in [-0.39, 0.29) is 16.3 Å². The van der Waals surface area contributed by atoms with Crippen LogP contribution >= 0.6 is 0 Å². The molecule has 0 aliphatic rings. The number of pyridine rings is 1. The first-order valence-electron chi connectivity index (χ1n) is 5.36. The maximum Gasteiger partial charge on any atom is 0.337 e. The van der Waals surface area contributed by atoms with Gasteiger partial charge < -0.3 is 5.11 Å². The minimum atomic E-state index is -3.97. The van der Waals surface area contributed by atoms with Crippen LogP contribution in [0.1, 0.15) is 10.4 Å². The van der Waals surface area contributed by atoms with Gasteiger partial charge in [0.15, 0.2) is 0 Å². The summed E-state index contributed by atoms with van der Waals surface area (Å²) in [6.45, 7) is 0. The molecule has 8 heteroatoms. The number of benzene rings is 1. The lowest BCUT2D eigenvalue weighted by molar-refractivity contribution is 0.0696. The summed E-state index contributed by atoms with van der Waals surface area (Å²) in [4.78, 5) is 14.1. The van der Waals surface area contributed by atoms with E-state index in [1.807, 2.05) is 0 Å². The number of rotatable bonds is 4. The molecule has 0 aliphatic carbocycles. The molecule has 0 bridgehead atoms. The molecule has 0 saturated heterocycles. The van der Waals surface area contributed by atoms with Gasteiger partial charge in [-0.15, -0.1) is 0 Å². The molecule has 2 rings (SSSR count). The molecule has 0 amide bonds. The molecule has 0 unspecified atom stereocenters. The van der Waals surface area contributed by atoms with Gasteiger partial charge in [0.25, 0.3) is 10.0 Å². The Morgan fingerprint density at radius 1 is 1.25 bits per heavy atom. The molecule has 2 aromatic rings. The molecule has 0 atom stereocenters. The minimum absolute atomic E-state index is 0.0562. The number of anilines is 1. The summed E-state index contributed by atoms with van der Waals surface area (Å²) in [5.41, 5.74) is -0.0706. The fourth-order valence-corrected chi connectivity index (χ4v) is 2.45. The monoisotopic (exact) mass is 296 g/mol. The second-order valence-electron chi connectivity index (χ2n) is 3.80. The minimum Gasteiger partial charge on any atom is -0.478 e. The summed E-state index contributed by atoms with van der Waals surface area (Å²) in [7, 11) is -3.97. The number of carboxylic acid groups (broad SMARTS) is 1. The number of hydrogen-bond acceptors (Lipinski definition) is 4. The molecule has 20 heavy (non-hydrogen) atoms. The van der Waals surface area contributed by atoms with E-state index in [9.17, 15) is 17.6 Å².